The number of hydrogen-bond acceptors (Lipinski definition) is 4. The minimum Gasteiger partial charge on any atom is -0.399 e. The Morgan fingerprint density at radius 2 is 1.81 bits per heavy atom. The highest BCUT2D eigenvalue weighted by molar-refractivity contribution is 14.1. The number of anilines is 3. The van der Waals surface area contributed by atoms with Gasteiger partial charge in [-0.1, -0.05) is 11.6 Å². The normalized spacial score (nSPS) is 11.4. The van der Waals surface area contributed by atoms with Crippen molar-refractivity contribution in [3.63, 3.8) is 0 Å². The van der Waals surface area contributed by atoms with Crippen LogP contribution in [0.2, 0.25) is 5.02 Å². The number of sulfonamides is 1. The van der Waals surface area contributed by atoms with Crippen LogP contribution in [0.1, 0.15) is 0 Å². The minimum absolute atomic E-state index is 0.0933. The Labute approximate surface area is 142 Å². The molecule has 2 aromatic carbocycles. The van der Waals surface area contributed by atoms with E-state index < -0.39 is 10.0 Å². The summed E-state index contributed by atoms with van der Waals surface area (Å²) >= 11 is 8.04. The fourth-order valence-corrected chi connectivity index (χ4v) is 3.64. The SMILES string of the molecule is CNS(=O)(=O)c1cc(N)ccc1Nc1ccc(Cl)cc1I. The van der Waals surface area contributed by atoms with Crippen molar-refractivity contribution >= 4 is 61.3 Å². The Balaban J connectivity index is 2.50. The lowest BCUT2D eigenvalue weighted by Gasteiger charge is -2.14. The van der Waals surface area contributed by atoms with Crippen molar-refractivity contribution in [1.29, 1.82) is 0 Å². The van der Waals surface area contributed by atoms with Crippen LogP contribution in [0.3, 0.4) is 0 Å². The van der Waals surface area contributed by atoms with E-state index in [4.69, 9.17) is 17.3 Å². The Morgan fingerprint density at radius 1 is 1.14 bits per heavy atom. The summed E-state index contributed by atoms with van der Waals surface area (Å²) in [5, 5.41) is 3.71. The highest BCUT2D eigenvalue weighted by Gasteiger charge is 2.17. The molecule has 0 amide bonds. The first-order chi connectivity index (χ1) is 9.83. The van der Waals surface area contributed by atoms with Gasteiger partial charge in [0, 0.05) is 14.3 Å². The molecule has 0 fully saturated rings. The minimum atomic E-state index is -3.61. The zero-order valence-electron chi connectivity index (χ0n) is 11.0. The fourth-order valence-electron chi connectivity index (χ4n) is 1.71. The molecule has 0 spiro atoms. The number of nitrogens with one attached hydrogen (secondary N) is 2. The van der Waals surface area contributed by atoms with Gasteiger partial charge in [0.1, 0.15) is 4.90 Å². The molecule has 0 heterocycles. The maximum atomic E-state index is 12.1. The maximum Gasteiger partial charge on any atom is 0.242 e. The van der Waals surface area contributed by atoms with E-state index >= 15 is 0 Å². The molecule has 0 saturated carbocycles. The second-order valence-electron chi connectivity index (χ2n) is 4.21. The van der Waals surface area contributed by atoms with Crippen LogP contribution in [0.15, 0.2) is 41.3 Å². The van der Waals surface area contributed by atoms with E-state index in [2.05, 4.69) is 32.6 Å². The highest BCUT2D eigenvalue weighted by Crippen LogP contribution is 2.30. The van der Waals surface area contributed by atoms with Gasteiger partial charge in [-0.25, -0.2) is 13.1 Å². The van der Waals surface area contributed by atoms with Crippen LogP contribution in [0.4, 0.5) is 17.1 Å². The third kappa shape index (κ3) is 3.79. The molecule has 112 valence electrons. The van der Waals surface area contributed by atoms with Crippen LogP contribution in [-0.2, 0) is 10.0 Å². The van der Waals surface area contributed by atoms with E-state index in [0.29, 0.717) is 16.4 Å². The fraction of sp³-hybridized carbons (Fsp3) is 0.0769. The average molecular weight is 438 g/mol. The third-order valence-corrected chi connectivity index (χ3v) is 5.35. The summed E-state index contributed by atoms with van der Waals surface area (Å²) in [6.45, 7) is 0. The number of benzene rings is 2. The summed E-state index contributed by atoms with van der Waals surface area (Å²) < 4.78 is 27.3. The summed E-state index contributed by atoms with van der Waals surface area (Å²) in [6.07, 6.45) is 0. The van der Waals surface area contributed by atoms with Crippen LogP contribution >= 0.6 is 34.2 Å². The second kappa shape index (κ2) is 6.39. The number of halogens is 2. The first kappa shape index (κ1) is 16.3. The molecule has 5 nitrogen and oxygen atoms in total. The standard InChI is InChI=1S/C13H13ClIN3O2S/c1-17-21(19,20)13-7-9(16)3-5-12(13)18-11-4-2-8(14)6-10(11)15/h2-7,17-18H,16H2,1H3. The van der Waals surface area contributed by atoms with Crippen molar-refractivity contribution in [3.05, 3.63) is 45.0 Å². The molecule has 0 saturated heterocycles. The van der Waals surface area contributed by atoms with Crippen molar-refractivity contribution < 1.29 is 8.42 Å². The van der Waals surface area contributed by atoms with Gasteiger partial charge in [0.15, 0.2) is 0 Å². The first-order valence-corrected chi connectivity index (χ1v) is 8.82. The zero-order chi connectivity index (χ0) is 15.6. The van der Waals surface area contributed by atoms with E-state index in [9.17, 15) is 8.42 Å². The van der Waals surface area contributed by atoms with Gasteiger partial charge in [0.25, 0.3) is 0 Å². The Bertz CT molecular complexity index is 781. The molecule has 2 rings (SSSR count). The molecule has 0 aliphatic rings. The molecule has 0 atom stereocenters. The molecular formula is C13H13ClIN3O2S. The lowest BCUT2D eigenvalue weighted by molar-refractivity contribution is 0.588. The first-order valence-electron chi connectivity index (χ1n) is 5.88. The van der Waals surface area contributed by atoms with Gasteiger partial charge in [-0.2, -0.15) is 0 Å². The smallest absolute Gasteiger partial charge is 0.242 e. The molecule has 8 heteroatoms. The van der Waals surface area contributed by atoms with Crippen LogP contribution in [-0.4, -0.2) is 15.5 Å². The number of nitrogens with two attached hydrogens (primary N) is 1. The number of nitrogen functional groups attached to an aromatic ring is 1. The van der Waals surface area contributed by atoms with Crippen LogP contribution in [0.25, 0.3) is 0 Å². The number of rotatable bonds is 4. The zero-order valence-corrected chi connectivity index (χ0v) is 14.8. The van der Waals surface area contributed by atoms with Crippen LogP contribution in [0, 0.1) is 3.57 Å². The van der Waals surface area contributed by atoms with Crippen molar-refractivity contribution in [3.8, 4) is 0 Å². The lowest BCUT2D eigenvalue weighted by atomic mass is 10.2. The topological polar surface area (TPSA) is 84.2 Å². The molecule has 0 aliphatic carbocycles. The average Bonchev–Trinajstić information content (AvgIpc) is 2.43. The van der Waals surface area contributed by atoms with Gasteiger partial charge in [0.05, 0.1) is 11.4 Å². The molecule has 2 aromatic rings. The monoisotopic (exact) mass is 437 g/mol. The van der Waals surface area contributed by atoms with Gasteiger partial charge in [-0.05, 0) is 66.0 Å². The Morgan fingerprint density at radius 3 is 2.43 bits per heavy atom. The van der Waals surface area contributed by atoms with Gasteiger partial charge in [0.2, 0.25) is 10.0 Å². The summed E-state index contributed by atoms with van der Waals surface area (Å²) in [7, 11) is -2.26. The van der Waals surface area contributed by atoms with Crippen molar-refractivity contribution in [2.24, 2.45) is 0 Å². The summed E-state index contributed by atoms with van der Waals surface area (Å²) in [6, 6.07) is 9.99. The molecule has 0 radical (unpaired) electrons. The van der Waals surface area contributed by atoms with Crippen molar-refractivity contribution in [1.82, 2.24) is 4.72 Å². The van der Waals surface area contributed by atoms with Gasteiger partial charge < -0.3 is 11.1 Å². The summed E-state index contributed by atoms with van der Waals surface area (Å²) in [4.78, 5) is 0.0933. The Hall–Kier alpha value is -1.03. The second-order valence-corrected chi connectivity index (χ2v) is 7.67. The van der Waals surface area contributed by atoms with Crippen LogP contribution < -0.4 is 15.8 Å². The van der Waals surface area contributed by atoms with Crippen molar-refractivity contribution in [2.75, 3.05) is 18.1 Å². The summed E-state index contributed by atoms with van der Waals surface area (Å²) in [5.41, 5.74) is 7.26. The van der Waals surface area contributed by atoms with Crippen LogP contribution in [0.5, 0.6) is 0 Å². The van der Waals surface area contributed by atoms with E-state index in [1.165, 1.54) is 13.1 Å². The molecule has 0 aliphatic heterocycles. The molecule has 0 bridgehead atoms. The van der Waals surface area contributed by atoms with E-state index in [-0.39, 0.29) is 4.90 Å². The largest absolute Gasteiger partial charge is 0.399 e. The molecule has 4 N–H and O–H groups in total. The Kier molecular flexibility index (Phi) is 4.97. The van der Waals surface area contributed by atoms with Crippen molar-refractivity contribution in [2.45, 2.75) is 4.90 Å². The molecule has 0 aromatic heterocycles. The quantitative estimate of drug-likeness (QED) is 0.507. The van der Waals surface area contributed by atoms with E-state index in [1.807, 2.05) is 0 Å². The predicted molar refractivity (Wildman–Crippen MR) is 94.6 cm³/mol. The third-order valence-electron chi connectivity index (χ3n) is 2.76. The lowest BCUT2D eigenvalue weighted by Crippen LogP contribution is -2.20. The molecule has 21 heavy (non-hydrogen) atoms. The molecular weight excluding hydrogens is 425 g/mol. The maximum absolute atomic E-state index is 12.1. The van der Waals surface area contributed by atoms with Gasteiger partial charge >= 0.3 is 0 Å². The van der Waals surface area contributed by atoms with Gasteiger partial charge in [-0.3, -0.25) is 0 Å². The van der Waals surface area contributed by atoms with Gasteiger partial charge in [-0.15, -0.1) is 0 Å². The van der Waals surface area contributed by atoms with E-state index in [1.54, 1.807) is 30.3 Å². The predicted octanol–water partition coefficient (Wildman–Crippen LogP) is 3.18. The highest BCUT2D eigenvalue weighted by atomic mass is 127. The summed E-state index contributed by atoms with van der Waals surface area (Å²) in [5.74, 6) is 0. The van der Waals surface area contributed by atoms with E-state index in [0.717, 1.165) is 9.26 Å². The molecule has 0 unspecified atom stereocenters. The number of hydrogen-bond donors (Lipinski definition) is 3.